The average Bonchev–Trinajstić information content (AvgIpc) is 2.85. The number of nitrogens with zero attached hydrogens (tertiary/aromatic N) is 2. The zero-order valence-corrected chi connectivity index (χ0v) is 13.7. The van der Waals surface area contributed by atoms with Crippen LogP contribution in [0, 0.1) is 13.8 Å². The number of rotatable bonds is 2. The van der Waals surface area contributed by atoms with Crippen molar-refractivity contribution in [3.63, 3.8) is 0 Å². The quantitative estimate of drug-likeness (QED) is 0.669. The minimum absolute atomic E-state index is 0.703. The standard InChI is InChI=1S/C18H18N2OS/c1-11-7-12(2)9-13(8-11)21-17-16-14-5-3-4-6-15(14)22-18(16)20-10-19-17/h7-10H,3-6H2,1-2H3. The molecule has 0 saturated heterocycles. The Hall–Kier alpha value is -1.94. The number of hydrogen-bond donors (Lipinski definition) is 0. The first kappa shape index (κ1) is 13.7. The number of fused-ring (bicyclic) bond motifs is 3. The van der Waals surface area contributed by atoms with Crippen LogP contribution in [0.15, 0.2) is 24.5 Å². The molecule has 0 aliphatic heterocycles. The Morgan fingerprint density at radius 1 is 1.00 bits per heavy atom. The maximum absolute atomic E-state index is 6.13. The van der Waals surface area contributed by atoms with E-state index in [9.17, 15) is 0 Å². The molecule has 0 spiro atoms. The molecule has 2 aromatic heterocycles. The van der Waals surface area contributed by atoms with E-state index in [4.69, 9.17) is 4.74 Å². The van der Waals surface area contributed by atoms with Gasteiger partial charge in [-0.15, -0.1) is 11.3 Å². The summed E-state index contributed by atoms with van der Waals surface area (Å²) in [6.45, 7) is 4.17. The van der Waals surface area contributed by atoms with Gasteiger partial charge >= 0.3 is 0 Å². The lowest BCUT2D eigenvalue weighted by Crippen LogP contribution is -1.99. The summed E-state index contributed by atoms with van der Waals surface area (Å²) in [5, 5.41) is 1.13. The van der Waals surface area contributed by atoms with Gasteiger partial charge in [0.15, 0.2) is 0 Å². The molecule has 22 heavy (non-hydrogen) atoms. The van der Waals surface area contributed by atoms with Crippen molar-refractivity contribution in [3.8, 4) is 11.6 Å². The van der Waals surface area contributed by atoms with Gasteiger partial charge in [0.1, 0.15) is 16.9 Å². The predicted molar refractivity (Wildman–Crippen MR) is 90.0 cm³/mol. The van der Waals surface area contributed by atoms with Crippen LogP contribution in [-0.2, 0) is 12.8 Å². The summed E-state index contributed by atoms with van der Waals surface area (Å²) in [6.07, 6.45) is 6.42. The average molecular weight is 310 g/mol. The molecular weight excluding hydrogens is 292 g/mol. The molecule has 1 aliphatic carbocycles. The Balaban J connectivity index is 1.82. The zero-order valence-electron chi connectivity index (χ0n) is 12.8. The molecule has 0 radical (unpaired) electrons. The summed E-state index contributed by atoms with van der Waals surface area (Å²) in [7, 11) is 0. The zero-order chi connectivity index (χ0) is 15.1. The Morgan fingerprint density at radius 3 is 2.59 bits per heavy atom. The van der Waals surface area contributed by atoms with Crippen molar-refractivity contribution in [1.29, 1.82) is 0 Å². The van der Waals surface area contributed by atoms with E-state index in [2.05, 4.69) is 42.0 Å². The van der Waals surface area contributed by atoms with Gasteiger partial charge in [-0.05, 0) is 68.4 Å². The molecule has 4 rings (SSSR count). The lowest BCUT2D eigenvalue weighted by Gasteiger charge is -2.12. The van der Waals surface area contributed by atoms with E-state index in [1.165, 1.54) is 40.8 Å². The van der Waals surface area contributed by atoms with E-state index >= 15 is 0 Å². The monoisotopic (exact) mass is 310 g/mol. The highest BCUT2D eigenvalue weighted by Gasteiger charge is 2.20. The van der Waals surface area contributed by atoms with Gasteiger partial charge in [-0.3, -0.25) is 0 Å². The normalized spacial score (nSPS) is 14.1. The molecule has 0 fully saturated rings. The summed E-state index contributed by atoms with van der Waals surface area (Å²) < 4.78 is 6.13. The van der Waals surface area contributed by atoms with Crippen LogP contribution in [-0.4, -0.2) is 9.97 Å². The molecule has 3 aromatic rings. The third-order valence-corrected chi connectivity index (χ3v) is 5.33. The Morgan fingerprint density at radius 2 is 1.77 bits per heavy atom. The van der Waals surface area contributed by atoms with Crippen molar-refractivity contribution in [1.82, 2.24) is 9.97 Å². The van der Waals surface area contributed by atoms with Crippen LogP contribution >= 0.6 is 11.3 Å². The number of benzene rings is 1. The van der Waals surface area contributed by atoms with Gasteiger partial charge in [0.05, 0.1) is 5.39 Å². The molecule has 0 bridgehead atoms. The van der Waals surface area contributed by atoms with E-state index < -0.39 is 0 Å². The van der Waals surface area contributed by atoms with Crippen molar-refractivity contribution in [2.75, 3.05) is 0 Å². The minimum Gasteiger partial charge on any atom is -0.438 e. The molecule has 112 valence electrons. The third-order valence-electron chi connectivity index (χ3n) is 4.13. The van der Waals surface area contributed by atoms with Crippen molar-refractivity contribution in [2.24, 2.45) is 0 Å². The number of ether oxygens (including phenoxy) is 1. The van der Waals surface area contributed by atoms with Crippen LogP contribution < -0.4 is 4.74 Å². The fourth-order valence-electron chi connectivity index (χ4n) is 3.24. The fourth-order valence-corrected chi connectivity index (χ4v) is 4.46. The largest absolute Gasteiger partial charge is 0.438 e. The van der Waals surface area contributed by atoms with Gasteiger partial charge in [0, 0.05) is 4.88 Å². The number of thiophene rings is 1. The maximum Gasteiger partial charge on any atom is 0.231 e. The smallest absolute Gasteiger partial charge is 0.231 e. The summed E-state index contributed by atoms with van der Waals surface area (Å²) in [6, 6.07) is 6.26. The van der Waals surface area contributed by atoms with Crippen LogP contribution in [0.1, 0.15) is 34.4 Å². The van der Waals surface area contributed by atoms with E-state index in [1.807, 2.05) is 0 Å². The molecule has 0 N–H and O–H groups in total. The van der Waals surface area contributed by atoms with Gasteiger partial charge in [0.25, 0.3) is 0 Å². The van der Waals surface area contributed by atoms with Crippen LogP contribution in [0.4, 0.5) is 0 Å². The number of hydrogen-bond acceptors (Lipinski definition) is 4. The first-order valence-corrected chi connectivity index (χ1v) is 8.54. The second-order valence-electron chi connectivity index (χ2n) is 6.00. The minimum atomic E-state index is 0.703. The van der Waals surface area contributed by atoms with Crippen molar-refractivity contribution < 1.29 is 4.74 Å². The lowest BCUT2D eigenvalue weighted by atomic mass is 9.97. The topological polar surface area (TPSA) is 35.0 Å². The summed E-state index contributed by atoms with van der Waals surface area (Å²) in [5.41, 5.74) is 3.81. The van der Waals surface area contributed by atoms with E-state index in [0.717, 1.165) is 22.4 Å². The SMILES string of the molecule is Cc1cc(C)cc(Oc2ncnc3sc4c(c23)CCCC4)c1. The highest BCUT2D eigenvalue weighted by molar-refractivity contribution is 7.18. The van der Waals surface area contributed by atoms with Gasteiger partial charge in [-0.1, -0.05) is 6.07 Å². The number of aromatic nitrogens is 2. The maximum atomic E-state index is 6.13. The summed E-state index contributed by atoms with van der Waals surface area (Å²) >= 11 is 1.80. The van der Waals surface area contributed by atoms with Crippen LogP contribution in [0.25, 0.3) is 10.2 Å². The lowest BCUT2D eigenvalue weighted by molar-refractivity contribution is 0.467. The van der Waals surface area contributed by atoms with Crippen molar-refractivity contribution in [2.45, 2.75) is 39.5 Å². The molecule has 0 saturated carbocycles. The Kier molecular flexibility index (Phi) is 3.34. The first-order valence-electron chi connectivity index (χ1n) is 7.72. The highest BCUT2D eigenvalue weighted by Crippen LogP contribution is 2.40. The Labute approximate surface area is 134 Å². The van der Waals surface area contributed by atoms with E-state index in [1.54, 1.807) is 17.7 Å². The van der Waals surface area contributed by atoms with Crippen molar-refractivity contribution in [3.05, 3.63) is 46.1 Å². The van der Waals surface area contributed by atoms with Crippen LogP contribution in [0.3, 0.4) is 0 Å². The molecule has 1 aliphatic rings. The molecule has 1 aromatic carbocycles. The summed E-state index contributed by atoms with van der Waals surface area (Å²) in [4.78, 5) is 11.4. The molecular formula is C18H18N2OS. The third kappa shape index (κ3) is 2.37. The highest BCUT2D eigenvalue weighted by atomic mass is 32.1. The van der Waals surface area contributed by atoms with Gasteiger partial charge < -0.3 is 4.74 Å². The first-order chi connectivity index (χ1) is 10.7. The van der Waals surface area contributed by atoms with Crippen LogP contribution in [0.5, 0.6) is 11.6 Å². The number of aryl methyl sites for hydroxylation is 4. The van der Waals surface area contributed by atoms with Gasteiger partial charge in [0.2, 0.25) is 5.88 Å². The van der Waals surface area contributed by atoms with Gasteiger partial charge in [-0.2, -0.15) is 0 Å². The predicted octanol–water partition coefficient (Wildman–Crippen LogP) is 4.98. The van der Waals surface area contributed by atoms with E-state index in [0.29, 0.717) is 5.88 Å². The molecule has 2 heterocycles. The molecule has 4 heteroatoms. The summed E-state index contributed by atoms with van der Waals surface area (Å²) in [5.74, 6) is 1.56. The van der Waals surface area contributed by atoms with Crippen molar-refractivity contribution >= 4 is 21.6 Å². The molecule has 0 atom stereocenters. The molecule has 0 unspecified atom stereocenters. The molecule has 0 amide bonds. The van der Waals surface area contributed by atoms with Crippen LogP contribution in [0.2, 0.25) is 0 Å². The second kappa shape index (κ2) is 5.36. The van der Waals surface area contributed by atoms with E-state index in [-0.39, 0.29) is 0 Å². The fraction of sp³-hybridized carbons (Fsp3) is 0.333. The van der Waals surface area contributed by atoms with Gasteiger partial charge in [-0.25, -0.2) is 9.97 Å². The second-order valence-corrected chi connectivity index (χ2v) is 7.08. The molecule has 3 nitrogen and oxygen atoms in total. The Bertz CT molecular complexity index is 833.